The normalized spacial score (nSPS) is 11.1. The molecule has 4 rings (SSSR count). The molecule has 0 unspecified atom stereocenters. The summed E-state index contributed by atoms with van der Waals surface area (Å²) in [6, 6.07) is 17.5. The summed E-state index contributed by atoms with van der Waals surface area (Å²) in [7, 11) is 0. The molecule has 0 fully saturated rings. The van der Waals surface area contributed by atoms with Crippen molar-refractivity contribution in [3.8, 4) is 0 Å². The molecule has 0 aliphatic heterocycles. The Hall–Kier alpha value is -3.08. The summed E-state index contributed by atoms with van der Waals surface area (Å²) >= 11 is 0. The first-order valence-corrected chi connectivity index (χ1v) is 7.09. The van der Waals surface area contributed by atoms with E-state index in [4.69, 9.17) is 0 Å². The van der Waals surface area contributed by atoms with E-state index in [-0.39, 0.29) is 5.91 Å². The Balaban J connectivity index is 1.51. The number of amides is 1. The Morgan fingerprint density at radius 1 is 1.14 bits per heavy atom. The molecule has 4 aromatic rings. The monoisotopic (exact) mass is 290 g/mol. The zero-order valence-electron chi connectivity index (χ0n) is 11.8. The summed E-state index contributed by atoms with van der Waals surface area (Å²) in [4.78, 5) is 15.3. The van der Waals surface area contributed by atoms with Gasteiger partial charge in [-0.3, -0.25) is 4.79 Å². The highest BCUT2D eigenvalue weighted by atomic mass is 16.1. The van der Waals surface area contributed by atoms with Crippen LogP contribution in [0.1, 0.15) is 16.2 Å². The van der Waals surface area contributed by atoms with Gasteiger partial charge in [-0.05, 0) is 30.3 Å². The van der Waals surface area contributed by atoms with Crippen LogP contribution >= 0.6 is 0 Å². The number of hydrogen-bond acceptors (Lipinski definition) is 2. The number of fused-ring (bicyclic) bond motifs is 2. The number of nitrogens with zero attached hydrogens (tertiary/aromatic N) is 2. The van der Waals surface area contributed by atoms with Crippen LogP contribution in [0.25, 0.3) is 16.4 Å². The molecule has 1 amide bonds. The molecule has 1 aromatic carbocycles. The highest BCUT2D eigenvalue weighted by Gasteiger charge is 2.10. The minimum atomic E-state index is -0.131. The number of nitrogens with one attached hydrogen (secondary N) is 2. The fourth-order valence-electron chi connectivity index (χ4n) is 2.54. The molecule has 0 spiro atoms. The van der Waals surface area contributed by atoms with Gasteiger partial charge in [-0.2, -0.15) is 5.10 Å². The van der Waals surface area contributed by atoms with Crippen molar-refractivity contribution in [1.29, 1.82) is 0 Å². The van der Waals surface area contributed by atoms with Crippen molar-refractivity contribution in [2.24, 2.45) is 0 Å². The van der Waals surface area contributed by atoms with Crippen LogP contribution in [0, 0.1) is 0 Å². The second-order valence-corrected chi connectivity index (χ2v) is 5.16. The second-order valence-electron chi connectivity index (χ2n) is 5.16. The van der Waals surface area contributed by atoms with Crippen molar-refractivity contribution in [2.75, 3.05) is 0 Å². The van der Waals surface area contributed by atoms with E-state index in [0.29, 0.717) is 12.2 Å². The van der Waals surface area contributed by atoms with Gasteiger partial charge < -0.3 is 10.3 Å². The number of hydrogen-bond donors (Lipinski definition) is 2. The summed E-state index contributed by atoms with van der Waals surface area (Å²) in [5.41, 5.74) is 3.36. The summed E-state index contributed by atoms with van der Waals surface area (Å²) in [6.07, 6.45) is 1.89. The van der Waals surface area contributed by atoms with E-state index < -0.39 is 0 Å². The molecular formula is C17H14N4O. The van der Waals surface area contributed by atoms with E-state index in [2.05, 4.69) is 15.4 Å². The van der Waals surface area contributed by atoms with Gasteiger partial charge in [-0.25, -0.2) is 4.52 Å². The number of carbonyl (C=O) groups is 1. The Morgan fingerprint density at radius 3 is 2.86 bits per heavy atom. The van der Waals surface area contributed by atoms with Gasteiger partial charge in [0.15, 0.2) is 0 Å². The summed E-state index contributed by atoms with van der Waals surface area (Å²) in [6.45, 7) is 0.399. The van der Waals surface area contributed by atoms with Crippen LogP contribution in [0.2, 0.25) is 0 Å². The van der Waals surface area contributed by atoms with Crippen molar-refractivity contribution < 1.29 is 4.79 Å². The lowest BCUT2D eigenvalue weighted by atomic mass is 10.2. The Labute approximate surface area is 126 Å². The zero-order valence-corrected chi connectivity index (χ0v) is 11.8. The topological polar surface area (TPSA) is 62.2 Å². The van der Waals surface area contributed by atoms with Gasteiger partial charge in [-0.1, -0.05) is 24.3 Å². The fraction of sp³-hybridized carbons (Fsp3) is 0.0588. The third-order valence-corrected chi connectivity index (χ3v) is 3.63. The molecule has 3 aromatic heterocycles. The average Bonchev–Trinajstić information content (AvgIpc) is 3.15. The molecule has 5 heteroatoms. The third-order valence-electron chi connectivity index (χ3n) is 3.63. The van der Waals surface area contributed by atoms with Gasteiger partial charge in [-0.15, -0.1) is 0 Å². The maximum Gasteiger partial charge on any atom is 0.268 e. The molecule has 3 heterocycles. The first-order chi connectivity index (χ1) is 10.8. The summed E-state index contributed by atoms with van der Waals surface area (Å²) in [5, 5.41) is 8.33. The predicted molar refractivity (Wildman–Crippen MR) is 84.7 cm³/mol. The number of pyridine rings is 1. The number of rotatable bonds is 3. The highest BCUT2D eigenvalue weighted by Crippen LogP contribution is 2.14. The largest absolute Gasteiger partial charge is 0.351 e. The number of aromatic nitrogens is 3. The lowest BCUT2D eigenvalue weighted by Crippen LogP contribution is -2.23. The van der Waals surface area contributed by atoms with E-state index in [1.165, 1.54) is 0 Å². The van der Waals surface area contributed by atoms with Crippen LogP contribution < -0.4 is 5.32 Å². The van der Waals surface area contributed by atoms with E-state index >= 15 is 0 Å². The molecular weight excluding hydrogens is 276 g/mol. The first-order valence-electron chi connectivity index (χ1n) is 7.09. The molecule has 0 radical (unpaired) electrons. The summed E-state index contributed by atoms with van der Waals surface area (Å²) < 4.78 is 1.80. The molecule has 0 saturated carbocycles. The zero-order chi connectivity index (χ0) is 14.9. The van der Waals surface area contributed by atoms with Gasteiger partial charge in [0, 0.05) is 17.1 Å². The summed E-state index contributed by atoms with van der Waals surface area (Å²) in [5.74, 6) is -0.131. The maximum atomic E-state index is 12.2. The first kappa shape index (κ1) is 12.6. The molecule has 22 heavy (non-hydrogen) atoms. The van der Waals surface area contributed by atoms with Gasteiger partial charge in [0.2, 0.25) is 0 Å². The van der Waals surface area contributed by atoms with Crippen molar-refractivity contribution in [2.45, 2.75) is 6.54 Å². The van der Waals surface area contributed by atoms with Crippen LogP contribution in [0.5, 0.6) is 0 Å². The quantitative estimate of drug-likeness (QED) is 0.609. The minimum Gasteiger partial charge on any atom is -0.351 e. The standard InChI is InChI=1S/C17H14N4O/c22-17(16-9-12-5-1-2-7-15(12)19-16)18-11-13-10-14-6-3-4-8-21(14)20-13/h1-10,19H,11H2,(H,18,22). The fourth-order valence-corrected chi connectivity index (χ4v) is 2.54. The Kier molecular flexibility index (Phi) is 2.89. The molecule has 108 valence electrons. The maximum absolute atomic E-state index is 12.2. The van der Waals surface area contributed by atoms with Crippen molar-refractivity contribution in [3.05, 3.63) is 72.2 Å². The smallest absolute Gasteiger partial charge is 0.268 e. The van der Waals surface area contributed by atoms with Crippen molar-refractivity contribution in [1.82, 2.24) is 19.9 Å². The number of aromatic amines is 1. The lowest BCUT2D eigenvalue weighted by Gasteiger charge is -2.00. The number of benzene rings is 1. The van der Waals surface area contributed by atoms with E-state index in [1.807, 2.05) is 60.8 Å². The molecule has 0 bridgehead atoms. The molecule has 0 saturated heterocycles. The van der Waals surface area contributed by atoms with Crippen LogP contribution in [-0.2, 0) is 6.54 Å². The number of carbonyl (C=O) groups excluding carboxylic acids is 1. The van der Waals surface area contributed by atoms with Gasteiger partial charge >= 0.3 is 0 Å². The number of H-pyrrole nitrogens is 1. The van der Waals surface area contributed by atoms with E-state index in [1.54, 1.807) is 4.52 Å². The van der Waals surface area contributed by atoms with Crippen molar-refractivity contribution >= 4 is 22.3 Å². The van der Waals surface area contributed by atoms with Gasteiger partial charge in [0.05, 0.1) is 17.8 Å². The lowest BCUT2D eigenvalue weighted by molar-refractivity contribution is 0.0946. The molecule has 0 atom stereocenters. The third kappa shape index (κ3) is 2.22. The number of para-hydroxylation sites is 1. The van der Waals surface area contributed by atoms with Crippen LogP contribution in [0.15, 0.2) is 60.8 Å². The van der Waals surface area contributed by atoms with Crippen LogP contribution in [-0.4, -0.2) is 20.5 Å². The van der Waals surface area contributed by atoms with Crippen LogP contribution in [0.4, 0.5) is 0 Å². The van der Waals surface area contributed by atoms with Gasteiger partial charge in [0.25, 0.3) is 5.91 Å². The Morgan fingerprint density at radius 2 is 2.00 bits per heavy atom. The minimum absolute atomic E-state index is 0.131. The van der Waals surface area contributed by atoms with E-state index in [0.717, 1.165) is 22.1 Å². The SMILES string of the molecule is O=C(NCc1cc2ccccn2n1)c1cc2ccccc2[nH]1. The molecule has 2 N–H and O–H groups in total. The van der Waals surface area contributed by atoms with Crippen molar-refractivity contribution in [3.63, 3.8) is 0 Å². The van der Waals surface area contributed by atoms with E-state index in [9.17, 15) is 4.79 Å². The molecule has 5 nitrogen and oxygen atoms in total. The van der Waals surface area contributed by atoms with Crippen LogP contribution in [0.3, 0.4) is 0 Å². The Bertz CT molecular complexity index is 901. The van der Waals surface area contributed by atoms with Gasteiger partial charge in [0.1, 0.15) is 5.69 Å². The average molecular weight is 290 g/mol. The molecule has 0 aliphatic carbocycles. The second kappa shape index (κ2) is 5.04. The molecule has 0 aliphatic rings. The predicted octanol–water partition coefficient (Wildman–Crippen LogP) is 2.75. The highest BCUT2D eigenvalue weighted by molar-refractivity contribution is 5.97.